The molecule has 0 amide bonds. The minimum absolute atomic E-state index is 0.494. The molecule has 0 saturated carbocycles. The Morgan fingerprint density at radius 1 is 1.64 bits per heavy atom. The van der Waals surface area contributed by atoms with E-state index in [1.807, 2.05) is 6.92 Å². The summed E-state index contributed by atoms with van der Waals surface area (Å²) in [6.07, 6.45) is 2.16. The van der Waals surface area contributed by atoms with Crippen LogP contribution in [0.3, 0.4) is 0 Å². The molecule has 4 heteroatoms. The van der Waals surface area contributed by atoms with Crippen LogP contribution in [0.1, 0.15) is 37.9 Å². The third kappa shape index (κ3) is 1.21. The molecule has 0 radical (unpaired) electrons. The van der Waals surface area contributed by atoms with Crippen LogP contribution >= 0.6 is 0 Å². The van der Waals surface area contributed by atoms with Crippen molar-refractivity contribution in [1.82, 2.24) is 9.78 Å². The maximum atomic E-state index is 14.2. The van der Waals surface area contributed by atoms with E-state index in [1.54, 1.807) is 11.6 Å². The van der Waals surface area contributed by atoms with Crippen LogP contribution in [0, 0.1) is 0 Å². The molecule has 0 fully saturated rings. The van der Waals surface area contributed by atoms with Gasteiger partial charge in [-0.25, -0.2) is 4.39 Å². The van der Waals surface area contributed by atoms with Crippen LogP contribution < -0.4 is 5.73 Å². The fraction of sp³-hybridized carbons (Fsp3) is 0.700. The van der Waals surface area contributed by atoms with Crippen LogP contribution in [-0.4, -0.2) is 9.78 Å². The molecule has 14 heavy (non-hydrogen) atoms. The SMILES string of the molecule is CCc1c(N)nn2c1C(C)(F)CCC2. The number of hydrogen-bond donors (Lipinski definition) is 1. The van der Waals surface area contributed by atoms with E-state index in [0.29, 0.717) is 17.9 Å². The lowest BCUT2D eigenvalue weighted by Gasteiger charge is -2.27. The van der Waals surface area contributed by atoms with E-state index >= 15 is 0 Å². The van der Waals surface area contributed by atoms with E-state index in [9.17, 15) is 4.39 Å². The predicted molar refractivity (Wildman–Crippen MR) is 53.7 cm³/mol. The summed E-state index contributed by atoms with van der Waals surface area (Å²) in [5.41, 5.74) is 6.08. The zero-order valence-corrected chi connectivity index (χ0v) is 8.68. The molecule has 1 aromatic heterocycles. The minimum atomic E-state index is -1.26. The molecule has 0 spiro atoms. The van der Waals surface area contributed by atoms with Crippen molar-refractivity contribution in [3.63, 3.8) is 0 Å². The van der Waals surface area contributed by atoms with Gasteiger partial charge in [0.2, 0.25) is 0 Å². The van der Waals surface area contributed by atoms with E-state index in [4.69, 9.17) is 5.73 Å². The maximum Gasteiger partial charge on any atom is 0.150 e. The second-order valence-corrected chi connectivity index (χ2v) is 4.09. The topological polar surface area (TPSA) is 43.8 Å². The number of hydrogen-bond acceptors (Lipinski definition) is 2. The second kappa shape index (κ2) is 2.97. The summed E-state index contributed by atoms with van der Waals surface area (Å²) in [7, 11) is 0. The van der Waals surface area contributed by atoms with Gasteiger partial charge in [0.05, 0.1) is 5.69 Å². The second-order valence-electron chi connectivity index (χ2n) is 4.09. The smallest absolute Gasteiger partial charge is 0.150 e. The molecule has 1 aliphatic rings. The molecule has 0 aromatic carbocycles. The highest BCUT2D eigenvalue weighted by Gasteiger charge is 2.36. The lowest BCUT2D eigenvalue weighted by molar-refractivity contribution is 0.133. The van der Waals surface area contributed by atoms with E-state index in [1.165, 1.54) is 0 Å². The highest BCUT2D eigenvalue weighted by atomic mass is 19.1. The Morgan fingerprint density at radius 2 is 2.36 bits per heavy atom. The summed E-state index contributed by atoms with van der Waals surface area (Å²) in [5.74, 6) is 0.494. The molecule has 78 valence electrons. The zero-order valence-electron chi connectivity index (χ0n) is 8.68. The fourth-order valence-electron chi connectivity index (χ4n) is 2.29. The average molecular weight is 197 g/mol. The summed E-state index contributed by atoms with van der Waals surface area (Å²) in [6.45, 7) is 4.40. The van der Waals surface area contributed by atoms with E-state index < -0.39 is 5.67 Å². The van der Waals surface area contributed by atoms with Gasteiger partial charge in [-0.1, -0.05) is 6.92 Å². The number of halogens is 1. The number of aromatic nitrogens is 2. The molecule has 2 heterocycles. The van der Waals surface area contributed by atoms with Gasteiger partial charge in [-0.05, 0) is 26.2 Å². The molecule has 2 rings (SSSR count). The Kier molecular flexibility index (Phi) is 2.01. The van der Waals surface area contributed by atoms with Crippen molar-refractivity contribution in [3.8, 4) is 0 Å². The van der Waals surface area contributed by atoms with Crippen molar-refractivity contribution in [2.24, 2.45) is 0 Å². The van der Waals surface area contributed by atoms with E-state index in [2.05, 4.69) is 5.10 Å². The standard InChI is InChI=1S/C10H16FN3/c1-3-7-8-10(2,11)5-4-6-14(8)13-9(7)12/h3-6H2,1-2H3,(H2,12,13). The third-order valence-electron chi connectivity index (χ3n) is 2.95. The molecule has 3 nitrogen and oxygen atoms in total. The van der Waals surface area contributed by atoms with Gasteiger partial charge in [0.1, 0.15) is 11.5 Å². The van der Waals surface area contributed by atoms with Crippen molar-refractivity contribution in [2.75, 3.05) is 5.73 Å². The highest BCUT2D eigenvalue weighted by Crippen LogP contribution is 2.38. The summed E-state index contributed by atoms with van der Waals surface area (Å²) in [4.78, 5) is 0. The maximum absolute atomic E-state index is 14.2. The summed E-state index contributed by atoms with van der Waals surface area (Å²) >= 11 is 0. The molecule has 0 aliphatic carbocycles. The summed E-state index contributed by atoms with van der Waals surface area (Å²) < 4.78 is 15.9. The molecule has 1 aliphatic heterocycles. The number of rotatable bonds is 1. The molecule has 2 N–H and O–H groups in total. The van der Waals surface area contributed by atoms with Gasteiger partial charge >= 0.3 is 0 Å². The molecule has 1 unspecified atom stereocenters. The largest absolute Gasteiger partial charge is 0.382 e. The Labute approximate surface area is 83.1 Å². The van der Waals surface area contributed by atoms with Gasteiger partial charge in [-0.2, -0.15) is 5.10 Å². The van der Waals surface area contributed by atoms with Crippen LogP contribution in [0.25, 0.3) is 0 Å². The molecular weight excluding hydrogens is 181 g/mol. The normalized spacial score (nSPS) is 26.2. The number of fused-ring (bicyclic) bond motifs is 1. The van der Waals surface area contributed by atoms with Crippen molar-refractivity contribution in [1.29, 1.82) is 0 Å². The monoisotopic (exact) mass is 197 g/mol. The minimum Gasteiger partial charge on any atom is -0.382 e. The van der Waals surface area contributed by atoms with E-state index in [-0.39, 0.29) is 0 Å². The Balaban J connectivity index is 2.59. The summed E-state index contributed by atoms with van der Waals surface area (Å²) in [6, 6.07) is 0. The number of nitrogens with two attached hydrogens (primary N) is 1. The Hall–Kier alpha value is -1.06. The first-order chi connectivity index (χ1) is 6.56. The number of nitrogens with zero attached hydrogens (tertiary/aromatic N) is 2. The van der Waals surface area contributed by atoms with Gasteiger partial charge in [0.15, 0.2) is 0 Å². The molecular formula is C10H16FN3. The molecule has 1 aromatic rings. The predicted octanol–water partition coefficient (Wildman–Crippen LogP) is 2.01. The lowest BCUT2D eigenvalue weighted by atomic mass is 9.91. The summed E-state index contributed by atoms with van der Waals surface area (Å²) in [5, 5.41) is 4.17. The number of alkyl halides is 1. The molecule has 1 atom stereocenters. The number of anilines is 1. The zero-order chi connectivity index (χ0) is 10.3. The first-order valence-corrected chi connectivity index (χ1v) is 5.11. The Morgan fingerprint density at radius 3 is 3.00 bits per heavy atom. The molecule has 0 saturated heterocycles. The van der Waals surface area contributed by atoms with Crippen molar-refractivity contribution in [2.45, 2.75) is 45.3 Å². The average Bonchev–Trinajstić information content (AvgIpc) is 2.41. The van der Waals surface area contributed by atoms with Gasteiger partial charge in [-0.3, -0.25) is 4.68 Å². The number of aryl methyl sites for hydroxylation is 1. The van der Waals surface area contributed by atoms with Crippen molar-refractivity contribution < 1.29 is 4.39 Å². The Bertz CT molecular complexity index is 354. The van der Waals surface area contributed by atoms with Gasteiger partial charge < -0.3 is 5.73 Å². The van der Waals surface area contributed by atoms with Gasteiger partial charge in [0, 0.05) is 12.1 Å². The van der Waals surface area contributed by atoms with Crippen molar-refractivity contribution in [3.05, 3.63) is 11.3 Å². The van der Waals surface area contributed by atoms with Crippen molar-refractivity contribution >= 4 is 5.82 Å². The van der Waals surface area contributed by atoms with Crippen LogP contribution in [0.2, 0.25) is 0 Å². The van der Waals surface area contributed by atoms with Gasteiger partial charge in [-0.15, -0.1) is 0 Å². The van der Waals surface area contributed by atoms with Crippen LogP contribution in [0.5, 0.6) is 0 Å². The fourth-order valence-corrected chi connectivity index (χ4v) is 2.29. The van der Waals surface area contributed by atoms with Gasteiger partial charge in [0.25, 0.3) is 0 Å². The number of nitrogen functional groups attached to an aromatic ring is 1. The first-order valence-electron chi connectivity index (χ1n) is 5.11. The highest BCUT2D eigenvalue weighted by molar-refractivity contribution is 5.45. The van der Waals surface area contributed by atoms with Crippen LogP contribution in [0.4, 0.5) is 10.2 Å². The van der Waals surface area contributed by atoms with Crippen LogP contribution in [0.15, 0.2) is 0 Å². The first kappa shape index (κ1) is 9.49. The lowest BCUT2D eigenvalue weighted by Crippen LogP contribution is -2.27. The van der Waals surface area contributed by atoms with Crippen LogP contribution in [-0.2, 0) is 18.6 Å². The third-order valence-corrected chi connectivity index (χ3v) is 2.95. The van der Waals surface area contributed by atoms with E-state index in [0.717, 1.165) is 24.9 Å². The quantitative estimate of drug-likeness (QED) is 0.748. The molecule has 0 bridgehead atoms.